The molecule has 0 radical (unpaired) electrons. The van der Waals surface area contributed by atoms with Crippen molar-refractivity contribution in [3.05, 3.63) is 0 Å². The zero-order valence-corrected chi connectivity index (χ0v) is 19.4. The second kappa shape index (κ2) is 15.9. The Kier molecular flexibility index (Phi) is 14.5. The molecule has 0 aliphatic heterocycles. The SMILES string of the molecule is CC(=O)C[C@H](CCCN=C(N)N)C(=O)N[C@H](CCCN=C(N)N)C(=O)C[C@H](CS)C(N)=O. The van der Waals surface area contributed by atoms with Gasteiger partial charge in [-0.1, -0.05) is 0 Å². The summed E-state index contributed by atoms with van der Waals surface area (Å²) in [5.41, 5.74) is 26.5. The molecule has 0 aromatic heterocycles. The van der Waals surface area contributed by atoms with Gasteiger partial charge in [0.2, 0.25) is 11.8 Å². The number of nitrogens with zero attached hydrogens (tertiary/aromatic N) is 2. The summed E-state index contributed by atoms with van der Waals surface area (Å²) in [4.78, 5) is 56.5. The van der Waals surface area contributed by atoms with Gasteiger partial charge in [-0.05, 0) is 32.6 Å². The van der Waals surface area contributed by atoms with Gasteiger partial charge < -0.3 is 38.8 Å². The lowest BCUT2D eigenvalue weighted by Gasteiger charge is -2.22. The van der Waals surface area contributed by atoms with Gasteiger partial charge in [0, 0.05) is 37.6 Å². The lowest BCUT2D eigenvalue weighted by molar-refractivity contribution is -0.133. The van der Waals surface area contributed by atoms with E-state index in [-0.39, 0.29) is 55.0 Å². The maximum Gasteiger partial charge on any atom is 0.224 e. The molecule has 0 aromatic carbocycles. The molecule has 0 unspecified atom stereocenters. The molecule has 0 rings (SSSR count). The minimum atomic E-state index is -0.884. The summed E-state index contributed by atoms with van der Waals surface area (Å²) in [6.45, 7) is 1.97. The van der Waals surface area contributed by atoms with Gasteiger partial charge in [-0.15, -0.1) is 0 Å². The number of thiol groups is 1. The molecule has 0 aliphatic rings. The van der Waals surface area contributed by atoms with Crippen LogP contribution in [-0.2, 0) is 19.2 Å². The van der Waals surface area contributed by atoms with Crippen LogP contribution in [0.4, 0.5) is 0 Å². The Bertz CT molecular complexity index is 705. The molecule has 0 bridgehead atoms. The van der Waals surface area contributed by atoms with Gasteiger partial charge in [-0.3, -0.25) is 24.4 Å². The number of rotatable bonds is 17. The van der Waals surface area contributed by atoms with E-state index in [1.807, 2.05) is 0 Å². The fourth-order valence-corrected chi connectivity index (χ4v) is 3.27. The molecule has 0 saturated carbocycles. The second-order valence-corrected chi connectivity index (χ2v) is 7.88. The van der Waals surface area contributed by atoms with Gasteiger partial charge in [-0.2, -0.15) is 12.6 Å². The fraction of sp³-hybridized carbons (Fsp3) is 0.684. The highest BCUT2D eigenvalue weighted by atomic mass is 32.1. The Morgan fingerprint density at radius 2 is 1.38 bits per heavy atom. The summed E-state index contributed by atoms with van der Waals surface area (Å²) in [7, 11) is 0. The Morgan fingerprint density at radius 3 is 1.81 bits per heavy atom. The average Bonchev–Trinajstić information content (AvgIpc) is 2.69. The van der Waals surface area contributed by atoms with E-state index < -0.39 is 29.7 Å². The third kappa shape index (κ3) is 13.5. The number of nitrogens with one attached hydrogen (secondary N) is 1. The topological polar surface area (TPSA) is 235 Å². The number of hydrogen-bond donors (Lipinski definition) is 7. The number of ketones is 2. The van der Waals surface area contributed by atoms with Gasteiger partial charge in [0.25, 0.3) is 0 Å². The second-order valence-electron chi connectivity index (χ2n) is 7.51. The van der Waals surface area contributed by atoms with Crippen LogP contribution in [-0.4, -0.2) is 60.2 Å². The van der Waals surface area contributed by atoms with Crippen LogP contribution in [0.1, 0.15) is 45.4 Å². The predicted octanol–water partition coefficient (Wildman–Crippen LogP) is -1.84. The highest BCUT2D eigenvalue weighted by molar-refractivity contribution is 7.80. The number of nitrogens with two attached hydrogens (primary N) is 5. The third-order valence-electron chi connectivity index (χ3n) is 4.63. The van der Waals surface area contributed by atoms with Crippen molar-refractivity contribution in [2.45, 2.75) is 51.5 Å². The number of Topliss-reactive ketones (excluding diaryl/α,β-unsaturated/α-hetero) is 2. The summed E-state index contributed by atoms with van der Waals surface area (Å²) < 4.78 is 0. The molecule has 13 heteroatoms. The smallest absolute Gasteiger partial charge is 0.224 e. The van der Waals surface area contributed by atoms with Crippen molar-refractivity contribution in [1.82, 2.24) is 5.32 Å². The van der Waals surface area contributed by atoms with E-state index in [9.17, 15) is 19.2 Å². The standard InChI is InChI=1S/C19H36N8O4S/c1-11(28)8-12(4-2-6-25-18(21)22)17(31)27-14(5-3-7-26-19(23)24)15(29)9-13(10-32)16(20)30/h12-14,32H,2-10H2,1H3,(H2,20,30)(H,27,31)(H4,21,22,25)(H4,23,24,26)/t12-,13+,14+/m0/s1. The quantitative estimate of drug-likeness (QED) is 0.0548. The molecular weight excluding hydrogens is 436 g/mol. The molecule has 0 fully saturated rings. The minimum Gasteiger partial charge on any atom is -0.370 e. The van der Waals surface area contributed by atoms with Gasteiger partial charge in [0.05, 0.1) is 12.0 Å². The van der Waals surface area contributed by atoms with E-state index in [1.54, 1.807) is 0 Å². The number of primary amides is 1. The normalized spacial score (nSPS) is 13.3. The van der Waals surface area contributed by atoms with Crippen molar-refractivity contribution in [3.8, 4) is 0 Å². The molecule has 182 valence electrons. The summed E-state index contributed by atoms with van der Waals surface area (Å²) in [6.07, 6.45) is 1.36. The Hall–Kier alpha value is -2.83. The molecule has 0 heterocycles. The van der Waals surface area contributed by atoms with Crippen molar-refractivity contribution in [3.63, 3.8) is 0 Å². The van der Waals surface area contributed by atoms with Crippen molar-refractivity contribution in [2.24, 2.45) is 50.5 Å². The first-order valence-corrected chi connectivity index (χ1v) is 10.9. The number of amides is 2. The number of carbonyl (C=O) groups excluding carboxylic acids is 4. The van der Waals surface area contributed by atoms with Gasteiger partial charge in [0.15, 0.2) is 17.7 Å². The molecule has 3 atom stereocenters. The van der Waals surface area contributed by atoms with E-state index in [2.05, 4.69) is 27.9 Å². The number of guanidine groups is 2. The Balaban J connectivity index is 5.31. The molecule has 12 nitrogen and oxygen atoms in total. The molecule has 0 aromatic rings. The summed E-state index contributed by atoms with van der Waals surface area (Å²) >= 11 is 4.06. The Morgan fingerprint density at radius 1 is 0.844 bits per heavy atom. The first kappa shape index (κ1) is 29.2. The van der Waals surface area contributed by atoms with E-state index in [1.165, 1.54) is 6.92 Å². The fourth-order valence-electron chi connectivity index (χ4n) is 2.97. The molecule has 0 spiro atoms. The van der Waals surface area contributed by atoms with Crippen molar-refractivity contribution >= 4 is 47.9 Å². The van der Waals surface area contributed by atoms with Crippen LogP contribution in [0.2, 0.25) is 0 Å². The summed E-state index contributed by atoms with van der Waals surface area (Å²) in [6, 6.07) is -0.884. The number of carbonyl (C=O) groups is 4. The first-order chi connectivity index (χ1) is 15.0. The summed E-state index contributed by atoms with van der Waals surface area (Å²) in [5.74, 6) is -3.04. The highest BCUT2D eigenvalue weighted by Gasteiger charge is 2.28. The van der Waals surface area contributed by atoms with Gasteiger partial charge in [-0.25, -0.2) is 0 Å². The molecule has 32 heavy (non-hydrogen) atoms. The Labute approximate surface area is 193 Å². The van der Waals surface area contributed by atoms with Crippen molar-refractivity contribution < 1.29 is 19.2 Å². The largest absolute Gasteiger partial charge is 0.370 e. The van der Waals surface area contributed by atoms with E-state index >= 15 is 0 Å². The van der Waals surface area contributed by atoms with Crippen molar-refractivity contribution in [2.75, 3.05) is 18.8 Å². The third-order valence-corrected chi connectivity index (χ3v) is 5.07. The molecule has 0 aliphatic carbocycles. The van der Waals surface area contributed by atoms with Crippen LogP contribution in [0.25, 0.3) is 0 Å². The minimum absolute atomic E-state index is 0.0170. The molecule has 0 saturated heterocycles. The average molecular weight is 473 g/mol. The zero-order valence-electron chi connectivity index (χ0n) is 18.5. The molecule has 11 N–H and O–H groups in total. The van der Waals surface area contributed by atoms with Crippen LogP contribution in [0, 0.1) is 11.8 Å². The van der Waals surface area contributed by atoms with E-state index in [0.717, 1.165) is 0 Å². The van der Waals surface area contributed by atoms with Gasteiger partial charge >= 0.3 is 0 Å². The van der Waals surface area contributed by atoms with Crippen LogP contribution in [0.15, 0.2) is 9.98 Å². The van der Waals surface area contributed by atoms with Crippen LogP contribution in [0.3, 0.4) is 0 Å². The lowest BCUT2D eigenvalue weighted by atomic mass is 9.93. The maximum atomic E-state index is 12.9. The molecule has 2 amide bonds. The van der Waals surface area contributed by atoms with Crippen LogP contribution >= 0.6 is 12.6 Å². The van der Waals surface area contributed by atoms with Crippen LogP contribution < -0.4 is 34.0 Å². The lowest BCUT2D eigenvalue weighted by Crippen LogP contribution is -2.45. The monoisotopic (exact) mass is 472 g/mol. The number of hydrogen-bond acceptors (Lipinski definition) is 7. The molecular formula is C19H36N8O4S. The summed E-state index contributed by atoms with van der Waals surface area (Å²) in [5, 5.41) is 2.71. The maximum absolute atomic E-state index is 12.9. The van der Waals surface area contributed by atoms with Crippen LogP contribution in [0.5, 0.6) is 0 Å². The first-order valence-electron chi connectivity index (χ1n) is 10.3. The van der Waals surface area contributed by atoms with Gasteiger partial charge in [0.1, 0.15) is 5.78 Å². The van der Waals surface area contributed by atoms with Crippen molar-refractivity contribution in [1.29, 1.82) is 0 Å². The highest BCUT2D eigenvalue weighted by Crippen LogP contribution is 2.16. The van der Waals surface area contributed by atoms with E-state index in [4.69, 9.17) is 28.7 Å². The number of aliphatic imine (C=N–C) groups is 2. The zero-order chi connectivity index (χ0) is 24.7. The predicted molar refractivity (Wildman–Crippen MR) is 127 cm³/mol. The van der Waals surface area contributed by atoms with E-state index in [0.29, 0.717) is 25.8 Å².